The quantitative estimate of drug-likeness (QED) is 0.635. The van der Waals surface area contributed by atoms with Gasteiger partial charge in [-0.05, 0) is 36.2 Å². The fraction of sp³-hybridized carbons (Fsp3) is 0.238. The molecule has 0 spiro atoms. The number of carbonyl (C=O) groups excluding carboxylic acids is 2. The number of amides is 3. The number of hydrogen-bond acceptors (Lipinski definition) is 6. The minimum absolute atomic E-state index is 0.140. The maximum atomic E-state index is 12.8. The monoisotopic (exact) mass is 423 g/mol. The molecule has 1 aliphatic rings. The standard InChI is InChI=1S/C21H21N5O3S/c1-14-18(19(28)23-12-16-3-2-8-22-11-16)30-20(24-14)26-10-9-25(21(26)29)13-15-4-6-17(27)7-5-15/h2-8,11,27H,9-10,12-13H2,1H3,(H,23,28). The van der Waals surface area contributed by atoms with Crippen LogP contribution in [0.1, 0.15) is 26.5 Å². The fourth-order valence-electron chi connectivity index (χ4n) is 3.20. The number of anilines is 1. The average Bonchev–Trinajstić information content (AvgIpc) is 3.31. The van der Waals surface area contributed by atoms with E-state index in [9.17, 15) is 14.7 Å². The van der Waals surface area contributed by atoms with Gasteiger partial charge in [0.05, 0.1) is 5.69 Å². The number of rotatable bonds is 6. The third kappa shape index (κ3) is 4.25. The van der Waals surface area contributed by atoms with E-state index in [0.717, 1.165) is 11.1 Å². The molecular formula is C21H21N5O3S. The first kappa shape index (κ1) is 19.8. The maximum absolute atomic E-state index is 12.8. The summed E-state index contributed by atoms with van der Waals surface area (Å²) in [6.07, 6.45) is 3.39. The molecule has 0 saturated carbocycles. The van der Waals surface area contributed by atoms with Crippen LogP contribution < -0.4 is 10.2 Å². The molecule has 0 radical (unpaired) electrons. The molecular weight excluding hydrogens is 402 g/mol. The van der Waals surface area contributed by atoms with Gasteiger partial charge in [-0.3, -0.25) is 14.7 Å². The Balaban J connectivity index is 1.41. The van der Waals surface area contributed by atoms with Crippen molar-refractivity contribution in [1.82, 2.24) is 20.2 Å². The van der Waals surface area contributed by atoms with Crippen molar-refractivity contribution < 1.29 is 14.7 Å². The molecule has 0 aliphatic carbocycles. The van der Waals surface area contributed by atoms with Gasteiger partial charge >= 0.3 is 6.03 Å². The van der Waals surface area contributed by atoms with Crippen molar-refractivity contribution in [2.75, 3.05) is 18.0 Å². The molecule has 0 unspecified atom stereocenters. The van der Waals surface area contributed by atoms with E-state index in [4.69, 9.17) is 0 Å². The molecule has 2 N–H and O–H groups in total. The number of aryl methyl sites for hydroxylation is 1. The van der Waals surface area contributed by atoms with E-state index in [-0.39, 0.29) is 17.7 Å². The molecule has 1 aliphatic heterocycles. The molecule has 8 nitrogen and oxygen atoms in total. The second kappa shape index (κ2) is 8.50. The zero-order valence-corrected chi connectivity index (χ0v) is 17.2. The van der Waals surface area contributed by atoms with Crippen LogP contribution in [0.2, 0.25) is 0 Å². The van der Waals surface area contributed by atoms with Crippen LogP contribution in [0.15, 0.2) is 48.8 Å². The fourth-order valence-corrected chi connectivity index (χ4v) is 4.21. The van der Waals surface area contributed by atoms with Crippen molar-refractivity contribution in [2.45, 2.75) is 20.0 Å². The number of phenols is 1. The van der Waals surface area contributed by atoms with Gasteiger partial charge < -0.3 is 15.3 Å². The van der Waals surface area contributed by atoms with Crippen molar-refractivity contribution >= 4 is 28.4 Å². The molecule has 1 fully saturated rings. The van der Waals surface area contributed by atoms with Gasteiger partial charge in [-0.15, -0.1) is 0 Å². The number of thiazole rings is 1. The van der Waals surface area contributed by atoms with Crippen LogP contribution in [-0.4, -0.2) is 45.0 Å². The van der Waals surface area contributed by atoms with Crippen molar-refractivity contribution in [1.29, 1.82) is 0 Å². The van der Waals surface area contributed by atoms with Gasteiger partial charge in [0, 0.05) is 38.6 Å². The number of benzene rings is 1. The van der Waals surface area contributed by atoms with Crippen LogP contribution in [0, 0.1) is 6.92 Å². The number of aromatic hydroxyl groups is 1. The summed E-state index contributed by atoms with van der Waals surface area (Å²) < 4.78 is 0. The third-order valence-electron chi connectivity index (χ3n) is 4.80. The number of aromatic nitrogens is 2. The topological polar surface area (TPSA) is 98.7 Å². The number of nitrogens with zero attached hydrogens (tertiary/aromatic N) is 4. The number of carbonyl (C=O) groups is 2. The molecule has 9 heteroatoms. The van der Waals surface area contributed by atoms with E-state index in [1.54, 1.807) is 53.4 Å². The van der Waals surface area contributed by atoms with E-state index >= 15 is 0 Å². The van der Waals surface area contributed by atoms with Gasteiger partial charge in [0.15, 0.2) is 5.13 Å². The van der Waals surface area contributed by atoms with Gasteiger partial charge in [-0.25, -0.2) is 9.78 Å². The van der Waals surface area contributed by atoms with Crippen LogP contribution in [0.4, 0.5) is 9.93 Å². The van der Waals surface area contributed by atoms with Gasteiger partial charge in [0.25, 0.3) is 5.91 Å². The highest BCUT2D eigenvalue weighted by molar-refractivity contribution is 7.17. The Bertz CT molecular complexity index is 1050. The summed E-state index contributed by atoms with van der Waals surface area (Å²) in [5.74, 6) is -0.0200. The highest BCUT2D eigenvalue weighted by Crippen LogP contribution is 2.29. The first-order chi connectivity index (χ1) is 14.5. The number of pyridine rings is 1. The van der Waals surface area contributed by atoms with Crippen molar-refractivity contribution in [3.8, 4) is 5.75 Å². The minimum Gasteiger partial charge on any atom is -0.508 e. The predicted octanol–water partition coefficient (Wildman–Crippen LogP) is 2.92. The second-order valence-electron chi connectivity index (χ2n) is 6.98. The molecule has 3 heterocycles. The Morgan fingerprint density at radius 1 is 1.20 bits per heavy atom. The number of urea groups is 1. The van der Waals surface area contributed by atoms with Crippen molar-refractivity contribution in [3.63, 3.8) is 0 Å². The largest absolute Gasteiger partial charge is 0.508 e. The Labute approximate surface area is 177 Å². The number of nitrogens with one attached hydrogen (secondary N) is 1. The zero-order valence-electron chi connectivity index (χ0n) is 16.4. The maximum Gasteiger partial charge on any atom is 0.326 e. The lowest BCUT2D eigenvalue weighted by atomic mass is 10.2. The average molecular weight is 423 g/mol. The summed E-state index contributed by atoms with van der Waals surface area (Å²) in [6, 6.07) is 10.4. The van der Waals surface area contributed by atoms with Crippen LogP contribution in [0.3, 0.4) is 0 Å². The van der Waals surface area contributed by atoms with Crippen LogP contribution >= 0.6 is 11.3 Å². The molecule has 1 aromatic carbocycles. The summed E-state index contributed by atoms with van der Waals surface area (Å²) in [7, 11) is 0. The summed E-state index contributed by atoms with van der Waals surface area (Å²) in [5.41, 5.74) is 2.45. The predicted molar refractivity (Wildman–Crippen MR) is 114 cm³/mol. The van der Waals surface area contributed by atoms with Crippen LogP contribution in [-0.2, 0) is 13.1 Å². The first-order valence-electron chi connectivity index (χ1n) is 9.50. The summed E-state index contributed by atoms with van der Waals surface area (Å²) in [5, 5.41) is 12.8. The molecule has 0 atom stereocenters. The zero-order chi connectivity index (χ0) is 21.1. The Hall–Kier alpha value is -3.46. The Morgan fingerprint density at radius 2 is 2.00 bits per heavy atom. The van der Waals surface area contributed by atoms with Gasteiger partial charge in [0.2, 0.25) is 0 Å². The van der Waals surface area contributed by atoms with Gasteiger partial charge in [0.1, 0.15) is 10.6 Å². The number of hydrogen-bond donors (Lipinski definition) is 2. The minimum atomic E-state index is -0.215. The molecule has 30 heavy (non-hydrogen) atoms. The molecule has 154 valence electrons. The normalized spacial score (nSPS) is 13.7. The highest BCUT2D eigenvalue weighted by atomic mass is 32.1. The lowest BCUT2D eigenvalue weighted by Gasteiger charge is -2.17. The Morgan fingerprint density at radius 3 is 2.73 bits per heavy atom. The third-order valence-corrected chi connectivity index (χ3v) is 5.98. The van der Waals surface area contributed by atoms with E-state index in [0.29, 0.717) is 41.9 Å². The van der Waals surface area contributed by atoms with Crippen molar-refractivity contribution in [2.24, 2.45) is 0 Å². The molecule has 3 amide bonds. The van der Waals surface area contributed by atoms with Gasteiger partial charge in [-0.2, -0.15) is 0 Å². The summed E-state index contributed by atoms with van der Waals surface area (Å²) in [4.78, 5) is 37.8. The van der Waals surface area contributed by atoms with E-state index in [1.165, 1.54) is 11.3 Å². The lowest BCUT2D eigenvalue weighted by Crippen LogP contribution is -2.31. The highest BCUT2D eigenvalue weighted by Gasteiger charge is 2.32. The van der Waals surface area contributed by atoms with E-state index < -0.39 is 0 Å². The smallest absolute Gasteiger partial charge is 0.326 e. The second-order valence-corrected chi connectivity index (χ2v) is 7.95. The van der Waals surface area contributed by atoms with Crippen LogP contribution in [0.25, 0.3) is 0 Å². The van der Waals surface area contributed by atoms with E-state index in [2.05, 4.69) is 15.3 Å². The van der Waals surface area contributed by atoms with Gasteiger partial charge in [-0.1, -0.05) is 29.5 Å². The summed E-state index contributed by atoms with van der Waals surface area (Å²) in [6.45, 7) is 3.69. The summed E-state index contributed by atoms with van der Waals surface area (Å²) >= 11 is 1.22. The lowest BCUT2D eigenvalue weighted by molar-refractivity contribution is 0.0954. The SMILES string of the molecule is Cc1nc(N2CCN(Cc3ccc(O)cc3)C2=O)sc1C(=O)NCc1cccnc1. The molecule has 4 rings (SSSR count). The molecule has 3 aromatic rings. The van der Waals surface area contributed by atoms with Crippen LogP contribution in [0.5, 0.6) is 5.75 Å². The van der Waals surface area contributed by atoms with E-state index in [1.807, 2.05) is 12.1 Å². The number of phenolic OH excluding ortho intramolecular Hbond substituents is 1. The first-order valence-corrected chi connectivity index (χ1v) is 10.3. The van der Waals surface area contributed by atoms with Crippen molar-refractivity contribution in [3.05, 3.63) is 70.5 Å². The molecule has 2 aromatic heterocycles. The molecule has 1 saturated heterocycles. The molecule has 0 bridgehead atoms. The Kier molecular flexibility index (Phi) is 5.62.